The van der Waals surface area contributed by atoms with Gasteiger partial charge in [0.25, 0.3) is 13.4 Å². The normalized spacial score (nSPS) is 13.4. The Kier molecular flexibility index (Phi) is 6.15. The Morgan fingerprint density at radius 1 is 0.404 bits per heavy atom. The van der Waals surface area contributed by atoms with Crippen LogP contribution in [0.15, 0.2) is 163 Å². The second-order valence-electron chi connectivity index (χ2n) is 14.7. The van der Waals surface area contributed by atoms with Crippen LogP contribution >= 0.6 is 0 Å². The third kappa shape index (κ3) is 4.53. The van der Waals surface area contributed by atoms with Gasteiger partial charge < -0.3 is 23.4 Å². The summed E-state index contributed by atoms with van der Waals surface area (Å²) < 4.78 is 36.1. The molecular formula is C46H26B2N4O5. The van der Waals surface area contributed by atoms with Gasteiger partial charge in [-0.1, -0.05) is 30.3 Å². The molecule has 0 fully saturated rings. The SMILES string of the molecule is c1cc2c3c(c1)Oc1ccc(-n4cccn4)cc1B3c1cc(-c3coc(-c4ccc5c(c4)B4c6cc(-n7cccn7)ccc6Oc6cccc(c64)O5)c3)ccc1O2. The lowest BCUT2D eigenvalue weighted by atomic mass is 9.34. The van der Waals surface area contributed by atoms with Crippen molar-refractivity contribution in [3.63, 3.8) is 0 Å². The Balaban J connectivity index is 0.898. The van der Waals surface area contributed by atoms with Crippen molar-refractivity contribution in [1.29, 1.82) is 0 Å². The van der Waals surface area contributed by atoms with Crippen molar-refractivity contribution >= 4 is 46.2 Å². The van der Waals surface area contributed by atoms with E-state index in [0.717, 1.165) is 113 Å². The molecule has 0 atom stereocenters. The number of furan rings is 1. The van der Waals surface area contributed by atoms with Crippen LogP contribution in [-0.4, -0.2) is 33.0 Å². The second kappa shape index (κ2) is 11.4. The first-order valence-electron chi connectivity index (χ1n) is 18.8. The fraction of sp³-hybridized carbons (Fsp3) is 0. The van der Waals surface area contributed by atoms with Gasteiger partial charge in [-0.2, -0.15) is 10.2 Å². The molecule has 0 radical (unpaired) electrons. The lowest BCUT2D eigenvalue weighted by Gasteiger charge is -2.33. The lowest BCUT2D eigenvalue weighted by Crippen LogP contribution is -2.57. The molecule has 0 N–H and O–H groups in total. The number of hydrogen-bond acceptors (Lipinski definition) is 7. The van der Waals surface area contributed by atoms with Crippen molar-refractivity contribution in [2.45, 2.75) is 0 Å². The van der Waals surface area contributed by atoms with Crippen molar-refractivity contribution in [3.8, 4) is 79.8 Å². The second-order valence-corrected chi connectivity index (χ2v) is 14.7. The van der Waals surface area contributed by atoms with Crippen LogP contribution in [-0.2, 0) is 0 Å². The van der Waals surface area contributed by atoms with Gasteiger partial charge in [0, 0.05) is 46.8 Å². The molecule has 0 unspecified atom stereocenters. The molecule has 6 aromatic carbocycles. The molecular weight excluding hydrogens is 710 g/mol. The van der Waals surface area contributed by atoms with Crippen molar-refractivity contribution < 1.29 is 23.4 Å². The predicted octanol–water partition coefficient (Wildman–Crippen LogP) is 6.44. The number of nitrogens with zero attached hydrogens (tertiary/aromatic N) is 4. The molecule has 0 bridgehead atoms. The molecule has 4 aliphatic heterocycles. The standard InChI is InChI=1S/C46H26B2N4O5/c1-5-40-45-42(7-1)56-38-15-11-30(51-19-3-17-49-51)24-34(38)47(45)32-21-27(9-13-36(32)54-40)29-23-44(53-26-29)28-10-14-37-33(22-28)48-35-25-31(52-20-4-18-50-52)12-16-39(35)57-43-8-2-6-41(55-37)46(43)48/h1-26H. The maximum Gasteiger partial charge on any atom is 0.260 e. The van der Waals surface area contributed by atoms with Crippen LogP contribution in [0.1, 0.15) is 0 Å². The van der Waals surface area contributed by atoms with E-state index in [1.807, 2.05) is 107 Å². The Labute approximate surface area is 326 Å². The fourth-order valence-corrected chi connectivity index (χ4v) is 8.95. The summed E-state index contributed by atoms with van der Waals surface area (Å²) in [5.74, 6) is 7.20. The molecule has 11 heteroatoms. The maximum atomic E-state index is 6.53. The number of benzene rings is 6. The van der Waals surface area contributed by atoms with Gasteiger partial charge in [-0.3, -0.25) is 0 Å². The smallest absolute Gasteiger partial charge is 0.260 e. The van der Waals surface area contributed by atoms with Crippen molar-refractivity contribution in [3.05, 3.63) is 158 Å². The summed E-state index contributed by atoms with van der Waals surface area (Å²) in [6, 6.07) is 43.1. The van der Waals surface area contributed by atoms with Gasteiger partial charge in [0.15, 0.2) is 0 Å². The van der Waals surface area contributed by atoms with Crippen LogP contribution in [0.2, 0.25) is 0 Å². The first-order chi connectivity index (χ1) is 28.2. The minimum atomic E-state index is -0.113. The quantitative estimate of drug-likeness (QED) is 0.193. The number of rotatable bonds is 4. The van der Waals surface area contributed by atoms with E-state index in [9.17, 15) is 0 Å². The van der Waals surface area contributed by atoms with E-state index in [4.69, 9.17) is 23.4 Å². The summed E-state index contributed by atoms with van der Waals surface area (Å²) in [5.41, 5.74) is 11.1. The van der Waals surface area contributed by atoms with E-state index in [-0.39, 0.29) is 13.4 Å². The Morgan fingerprint density at radius 3 is 1.35 bits per heavy atom. The zero-order valence-corrected chi connectivity index (χ0v) is 30.0. The van der Waals surface area contributed by atoms with Crippen LogP contribution in [0.5, 0.6) is 46.0 Å². The fourth-order valence-electron chi connectivity index (χ4n) is 8.95. The minimum Gasteiger partial charge on any atom is -0.464 e. The summed E-state index contributed by atoms with van der Waals surface area (Å²) >= 11 is 0. The predicted molar refractivity (Wildman–Crippen MR) is 219 cm³/mol. The lowest BCUT2D eigenvalue weighted by molar-refractivity contribution is 0.464. The van der Waals surface area contributed by atoms with E-state index < -0.39 is 0 Å². The number of ether oxygens (including phenoxy) is 4. The highest BCUT2D eigenvalue weighted by molar-refractivity contribution is 6.99. The summed E-state index contributed by atoms with van der Waals surface area (Å²) in [4.78, 5) is 0. The van der Waals surface area contributed by atoms with Gasteiger partial charge in [0.05, 0.1) is 17.6 Å². The molecule has 9 nitrogen and oxygen atoms in total. The van der Waals surface area contributed by atoms with Gasteiger partial charge in [0.1, 0.15) is 51.8 Å². The third-order valence-corrected chi connectivity index (χ3v) is 11.5. The first kappa shape index (κ1) is 30.7. The highest BCUT2D eigenvalue weighted by atomic mass is 16.5. The van der Waals surface area contributed by atoms with Gasteiger partial charge in [0.2, 0.25) is 0 Å². The van der Waals surface area contributed by atoms with E-state index in [1.54, 1.807) is 12.4 Å². The number of fused-ring (bicyclic) bond motifs is 8. The zero-order valence-electron chi connectivity index (χ0n) is 30.0. The minimum absolute atomic E-state index is 0.102. The third-order valence-electron chi connectivity index (χ3n) is 11.5. The van der Waals surface area contributed by atoms with Gasteiger partial charge >= 0.3 is 0 Å². The molecule has 0 spiro atoms. The van der Waals surface area contributed by atoms with Gasteiger partial charge in [-0.25, -0.2) is 9.36 Å². The van der Waals surface area contributed by atoms with Crippen LogP contribution in [0, 0.1) is 0 Å². The van der Waals surface area contributed by atoms with Gasteiger partial charge in [-0.15, -0.1) is 0 Å². The van der Waals surface area contributed by atoms with Crippen LogP contribution < -0.4 is 51.7 Å². The van der Waals surface area contributed by atoms with Gasteiger partial charge in [-0.05, 0) is 124 Å². The van der Waals surface area contributed by atoms with E-state index in [2.05, 4.69) is 58.7 Å². The topological polar surface area (TPSA) is 85.7 Å². The largest absolute Gasteiger partial charge is 0.464 e. The monoisotopic (exact) mass is 736 g/mol. The summed E-state index contributed by atoms with van der Waals surface area (Å²) in [6.07, 6.45) is 9.30. The number of hydrogen-bond donors (Lipinski definition) is 0. The Morgan fingerprint density at radius 2 is 0.860 bits per heavy atom. The highest BCUT2D eigenvalue weighted by Gasteiger charge is 2.42. The summed E-state index contributed by atoms with van der Waals surface area (Å²) in [6.45, 7) is -0.215. The van der Waals surface area contributed by atoms with Crippen LogP contribution in [0.3, 0.4) is 0 Å². The molecule has 3 aromatic heterocycles. The molecule has 7 heterocycles. The van der Waals surface area contributed by atoms with Crippen LogP contribution in [0.25, 0.3) is 33.8 Å². The molecule has 266 valence electrons. The maximum absolute atomic E-state index is 6.53. The zero-order chi connectivity index (χ0) is 37.2. The summed E-state index contributed by atoms with van der Waals surface area (Å²) in [7, 11) is 0. The molecule has 0 aliphatic carbocycles. The Bertz CT molecular complexity index is 2890. The average molecular weight is 736 g/mol. The highest BCUT2D eigenvalue weighted by Crippen LogP contribution is 2.39. The van der Waals surface area contributed by atoms with E-state index in [1.165, 1.54) is 0 Å². The molecule has 9 aromatic rings. The van der Waals surface area contributed by atoms with Crippen molar-refractivity contribution in [2.75, 3.05) is 0 Å². The first-order valence-corrected chi connectivity index (χ1v) is 18.8. The van der Waals surface area contributed by atoms with E-state index in [0.29, 0.717) is 0 Å². The van der Waals surface area contributed by atoms with Crippen LogP contribution in [0.4, 0.5) is 0 Å². The average Bonchev–Trinajstić information content (AvgIpc) is 4.08. The summed E-state index contributed by atoms with van der Waals surface area (Å²) in [5, 5.41) is 8.97. The van der Waals surface area contributed by atoms with Crippen molar-refractivity contribution in [1.82, 2.24) is 19.6 Å². The van der Waals surface area contributed by atoms with Crippen molar-refractivity contribution in [2.24, 2.45) is 0 Å². The van der Waals surface area contributed by atoms with E-state index >= 15 is 0 Å². The Hall–Kier alpha value is -7.65. The molecule has 13 rings (SSSR count). The molecule has 4 aliphatic rings. The molecule has 0 saturated heterocycles. The molecule has 0 saturated carbocycles. The molecule has 0 amide bonds. The molecule has 57 heavy (non-hydrogen) atoms. The number of aromatic nitrogens is 4.